The zero-order chi connectivity index (χ0) is 22.4. The summed E-state index contributed by atoms with van der Waals surface area (Å²) >= 11 is 0. The molecule has 0 unspecified atom stereocenters. The zero-order valence-electron chi connectivity index (χ0n) is 22.2. The van der Waals surface area contributed by atoms with Gasteiger partial charge in [0.25, 0.3) is 0 Å². The van der Waals surface area contributed by atoms with Gasteiger partial charge in [-0.1, -0.05) is 103 Å². The number of rotatable bonds is 13. The number of unbranched alkanes of at least 4 members (excludes halogenated alkanes) is 6. The zero-order valence-corrected chi connectivity index (χ0v) is 22.2. The van der Waals surface area contributed by atoms with Crippen LogP contribution >= 0.6 is 0 Å². The predicted molar refractivity (Wildman–Crippen MR) is 143 cm³/mol. The van der Waals surface area contributed by atoms with Gasteiger partial charge in [0.05, 0.1) is 0 Å². The molecule has 0 aliphatic heterocycles. The van der Waals surface area contributed by atoms with E-state index in [0.29, 0.717) is 0 Å². The van der Waals surface area contributed by atoms with Crippen molar-refractivity contribution in [1.82, 2.24) is 0 Å². The van der Waals surface area contributed by atoms with Crippen LogP contribution in [-0.2, 0) is 0 Å². The molecule has 0 atom stereocenters. The van der Waals surface area contributed by atoms with Crippen molar-refractivity contribution < 1.29 is 0 Å². The lowest BCUT2D eigenvalue weighted by atomic mass is 9.68. The Labute approximate surface area is 202 Å². The monoisotopic (exact) mass is 442 g/mol. The van der Waals surface area contributed by atoms with Crippen LogP contribution in [0.25, 0.3) is 0 Å². The van der Waals surface area contributed by atoms with Crippen LogP contribution in [0, 0.1) is 35.5 Å². The van der Waals surface area contributed by atoms with E-state index in [1.165, 1.54) is 116 Å². The van der Waals surface area contributed by atoms with Gasteiger partial charge in [-0.25, -0.2) is 0 Å². The van der Waals surface area contributed by atoms with Gasteiger partial charge in [-0.05, 0) is 99.7 Å². The molecule has 3 fully saturated rings. The quantitative estimate of drug-likeness (QED) is 0.196. The first-order valence-electron chi connectivity index (χ1n) is 15.5. The van der Waals surface area contributed by atoms with Gasteiger partial charge >= 0.3 is 0 Å². The Hall–Kier alpha value is -0.260. The number of hydrogen-bond donors (Lipinski definition) is 0. The molecule has 3 saturated carbocycles. The van der Waals surface area contributed by atoms with E-state index in [-0.39, 0.29) is 0 Å². The van der Waals surface area contributed by atoms with Gasteiger partial charge in [0.1, 0.15) is 0 Å². The molecule has 0 aromatic rings. The third kappa shape index (κ3) is 9.54. The molecule has 0 N–H and O–H groups in total. The van der Waals surface area contributed by atoms with Gasteiger partial charge in [-0.2, -0.15) is 0 Å². The van der Waals surface area contributed by atoms with E-state index >= 15 is 0 Å². The maximum absolute atomic E-state index is 2.68. The highest BCUT2D eigenvalue weighted by Crippen LogP contribution is 2.43. The van der Waals surface area contributed by atoms with E-state index < -0.39 is 0 Å². The Morgan fingerprint density at radius 3 is 1.34 bits per heavy atom. The fourth-order valence-electron chi connectivity index (χ4n) is 7.46. The molecule has 186 valence electrons. The van der Waals surface area contributed by atoms with Gasteiger partial charge in [0.15, 0.2) is 0 Å². The first kappa shape index (κ1) is 26.3. The molecule has 0 bridgehead atoms. The van der Waals surface area contributed by atoms with Crippen LogP contribution in [0.2, 0.25) is 0 Å². The topological polar surface area (TPSA) is 0 Å². The minimum atomic E-state index is 0.909. The van der Waals surface area contributed by atoms with Gasteiger partial charge in [0, 0.05) is 0 Å². The van der Waals surface area contributed by atoms with E-state index in [1.54, 1.807) is 25.7 Å². The second-order valence-corrected chi connectivity index (χ2v) is 12.3. The molecule has 0 spiro atoms. The van der Waals surface area contributed by atoms with Crippen LogP contribution in [0.1, 0.15) is 155 Å². The average Bonchev–Trinajstić information content (AvgIpc) is 2.84. The largest absolute Gasteiger partial charge is 0.0851 e. The highest BCUT2D eigenvalue weighted by atomic mass is 14.4. The van der Waals surface area contributed by atoms with E-state index in [0.717, 1.165) is 35.5 Å². The second kappa shape index (κ2) is 15.6. The molecule has 0 amide bonds. The minimum Gasteiger partial charge on any atom is -0.0851 e. The van der Waals surface area contributed by atoms with Gasteiger partial charge in [-0.3, -0.25) is 0 Å². The summed E-state index contributed by atoms with van der Waals surface area (Å²) in [6.45, 7) is 4.66. The molecular weight excluding hydrogens is 384 g/mol. The van der Waals surface area contributed by atoms with Crippen LogP contribution in [0.3, 0.4) is 0 Å². The first-order valence-corrected chi connectivity index (χ1v) is 15.5. The Morgan fingerprint density at radius 1 is 0.438 bits per heavy atom. The maximum atomic E-state index is 2.68. The van der Waals surface area contributed by atoms with Crippen molar-refractivity contribution >= 4 is 0 Å². The lowest BCUT2D eigenvalue weighted by Crippen LogP contribution is -2.25. The van der Waals surface area contributed by atoms with Crippen molar-refractivity contribution in [3.05, 3.63) is 12.2 Å². The van der Waals surface area contributed by atoms with Gasteiger partial charge in [0.2, 0.25) is 0 Å². The number of allylic oxidation sites excluding steroid dienone is 2. The smallest absolute Gasteiger partial charge is 0.0233 e. The van der Waals surface area contributed by atoms with E-state index in [1.807, 2.05) is 0 Å². The first-order chi connectivity index (χ1) is 15.8. The van der Waals surface area contributed by atoms with Crippen LogP contribution in [-0.4, -0.2) is 0 Å². The summed E-state index contributed by atoms with van der Waals surface area (Å²) in [6.07, 6.45) is 38.2. The maximum Gasteiger partial charge on any atom is -0.0233 e. The lowest BCUT2D eigenvalue weighted by Gasteiger charge is -2.37. The van der Waals surface area contributed by atoms with E-state index in [2.05, 4.69) is 26.0 Å². The summed E-state index contributed by atoms with van der Waals surface area (Å²) < 4.78 is 0. The summed E-state index contributed by atoms with van der Waals surface area (Å²) in [5, 5.41) is 0. The molecule has 0 nitrogen and oxygen atoms in total. The van der Waals surface area contributed by atoms with Crippen LogP contribution in [0.15, 0.2) is 12.2 Å². The predicted octanol–water partition coefficient (Wildman–Crippen LogP) is 10.9. The van der Waals surface area contributed by atoms with Crippen molar-refractivity contribution in [2.24, 2.45) is 35.5 Å². The van der Waals surface area contributed by atoms with E-state index in [9.17, 15) is 0 Å². The van der Waals surface area contributed by atoms with Gasteiger partial charge < -0.3 is 0 Å². The summed E-state index contributed by atoms with van der Waals surface area (Å²) in [4.78, 5) is 0. The standard InChI is InChI=1S/C32H58/c1-3-5-7-8-10-12-27-13-15-29(16-14-27)17-18-30-21-25-32(26-22-30)31-23-19-28(20-24-31)11-9-6-4-2/h17-18,27-32H,3-16,19-26H2,1-2H3/b18-17+. The van der Waals surface area contributed by atoms with Crippen molar-refractivity contribution in [1.29, 1.82) is 0 Å². The third-order valence-corrected chi connectivity index (χ3v) is 9.85. The normalized spacial score (nSPS) is 34.2. The van der Waals surface area contributed by atoms with Crippen molar-refractivity contribution in [3.63, 3.8) is 0 Å². The Bertz CT molecular complexity index is 466. The lowest BCUT2D eigenvalue weighted by molar-refractivity contribution is 0.151. The minimum absolute atomic E-state index is 0.909. The summed E-state index contributed by atoms with van der Waals surface area (Å²) in [6, 6.07) is 0. The molecule has 0 saturated heterocycles. The average molecular weight is 443 g/mol. The fourth-order valence-corrected chi connectivity index (χ4v) is 7.46. The molecule has 0 aromatic carbocycles. The molecule has 0 heteroatoms. The molecule has 3 aliphatic carbocycles. The summed E-state index contributed by atoms with van der Waals surface area (Å²) in [7, 11) is 0. The third-order valence-electron chi connectivity index (χ3n) is 9.85. The molecule has 0 aromatic heterocycles. The Kier molecular flexibility index (Phi) is 12.8. The highest BCUT2D eigenvalue weighted by molar-refractivity contribution is 4.97. The van der Waals surface area contributed by atoms with Crippen molar-refractivity contribution in [3.8, 4) is 0 Å². The highest BCUT2D eigenvalue weighted by Gasteiger charge is 2.30. The molecule has 32 heavy (non-hydrogen) atoms. The molecule has 0 radical (unpaired) electrons. The summed E-state index contributed by atoms with van der Waals surface area (Å²) in [5.74, 6) is 6.11. The fraction of sp³-hybridized carbons (Fsp3) is 0.938. The number of hydrogen-bond acceptors (Lipinski definition) is 0. The van der Waals surface area contributed by atoms with Gasteiger partial charge in [-0.15, -0.1) is 0 Å². The van der Waals surface area contributed by atoms with Crippen LogP contribution < -0.4 is 0 Å². The molecular formula is C32H58. The SMILES string of the molecule is CCCCCCCC1CCC(/C=C/C2CCC(C3CCC(CCCCC)CC3)CC2)CC1. The summed E-state index contributed by atoms with van der Waals surface area (Å²) in [5.41, 5.74) is 0. The molecule has 3 rings (SSSR count). The van der Waals surface area contributed by atoms with Crippen molar-refractivity contribution in [2.45, 2.75) is 155 Å². The van der Waals surface area contributed by atoms with Crippen LogP contribution in [0.5, 0.6) is 0 Å². The van der Waals surface area contributed by atoms with Crippen LogP contribution in [0.4, 0.5) is 0 Å². The van der Waals surface area contributed by atoms with E-state index in [4.69, 9.17) is 0 Å². The van der Waals surface area contributed by atoms with Crippen molar-refractivity contribution in [2.75, 3.05) is 0 Å². The Morgan fingerprint density at radius 2 is 0.812 bits per heavy atom. The Balaban J connectivity index is 1.24. The molecule has 0 heterocycles. The second-order valence-electron chi connectivity index (χ2n) is 12.3. The molecule has 3 aliphatic rings.